The first kappa shape index (κ1) is 16.9. The highest BCUT2D eigenvalue weighted by atomic mass is 79.9. The molecular weight excluding hydrogens is 348 g/mol. The van der Waals surface area contributed by atoms with Gasteiger partial charge >= 0.3 is 0 Å². The fraction of sp³-hybridized carbons (Fsp3) is 0.455. The Labute approximate surface area is 126 Å². The molecule has 0 aliphatic rings. The third-order valence-corrected chi connectivity index (χ3v) is 3.82. The standard InChI is InChI=1S/C11H17BrN4O3S/c1-3-7-16-11(17)10(12)9(8-14-16)13-5-4-6-15-20(2,18)19/h3,8,13,15H,1,4-7H2,2H3. The largest absolute Gasteiger partial charge is 0.383 e. The first-order valence-electron chi connectivity index (χ1n) is 5.90. The van der Waals surface area contributed by atoms with Crippen LogP contribution < -0.4 is 15.6 Å². The minimum absolute atomic E-state index is 0.246. The number of nitrogens with zero attached hydrogens (tertiary/aromatic N) is 2. The highest BCUT2D eigenvalue weighted by Gasteiger charge is 2.07. The lowest BCUT2D eigenvalue weighted by molar-refractivity contribution is 0.586. The van der Waals surface area contributed by atoms with E-state index in [1.54, 1.807) is 12.3 Å². The molecule has 0 saturated carbocycles. The summed E-state index contributed by atoms with van der Waals surface area (Å²) in [5, 5.41) is 7.02. The molecule has 1 aromatic heterocycles. The molecule has 0 fully saturated rings. The van der Waals surface area contributed by atoms with Crippen LogP contribution in [0.4, 0.5) is 5.69 Å². The van der Waals surface area contributed by atoms with Gasteiger partial charge in [0.1, 0.15) is 4.47 Å². The molecule has 1 rings (SSSR count). The van der Waals surface area contributed by atoms with Gasteiger partial charge in [-0.25, -0.2) is 17.8 Å². The maximum Gasteiger partial charge on any atom is 0.283 e. The van der Waals surface area contributed by atoms with Crippen molar-refractivity contribution >= 4 is 31.6 Å². The summed E-state index contributed by atoms with van der Waals surface area (Å²) in [5.74, 6) is 0. The summed E-state index contributed by atoms with van der Waals surface area (Å²) in [4.78, 5) is 11.9. The van der Waals surface area contributed by atoms with Gasteiger partial charge in [-0.3, -0.25) is 4.79 Å². The van der Waals surface area contributed by atoms with Gasteiger partial charge in [-0.05, 0) is 22.4 Å². The molecule has 9 heteroatoms. The number of aromatic nitrogens is 2. The maximum absolute atomic E-state index is 11.9. The van der Waals surface area contributed by atoms with Gasteiger partial charge < -0.3 is 5.32 Å². The number of halogens is 1. The van der Waals surface area contributed by atoms with Crippen LogP contribution in [0.25, 0.3) is 0 Å². The smallest absolute Gasteiger partial charge is 0.283 e. The quantitative estimate of drug-likeness (QED) is 0.518. The topological polar surface area (TPSA) is 93.1 Å². The number of hydrogen-bond donors (Lipinski definition) is 2. The van der Waals surface area contributed by atoms with Crippen LogP contribution in [-0.4, -0.2) is 37.5 Å². The van der Waals surface area contributed by atoms with Crippen molar-refractivity contribution < 1.29 is 8.42 Å². The molecule has 2 N–H and O–H groups in total. The lowest BCUT2D eigenvalue weighted by Crippen LogP contribution is -2.26. The second-order valence-electron chi connectivity index (χ2n) is 4.09. The van der Waals surface area contributed by atoms with Crippen LogP contribution in [-0.2, 0) is 16.6 Å². The zero-order valence-corrected chi connectivity index (χ0v) is 13.5. The van der Waals surface area contributed by atoms with Crippen molar-refractivity contribution in [1.29, 1.82) is 0 Å². The van der Waals surface area contributed by atoms with Crippen LogP contribution in [0.5, 0.6) is 0 Å². The number of nitrogens with one attached hydrogen (secondary N) is 2. The number of anilines is 1. The Balaban J connectivity index is 2.55. The normalized spacial score (nSPS) is 11.3. The van der Waals surface area contributed by atoms with E-state index in [0.717, 1.165) is 6.26 Å². The Morgan fingerprint density at radius 1 is 1.50 bits per heavy atom. The van der Waals surface area contributed by atoms with Crippen LogP contribution in [0.2, 0.25) is 0 Å². The first-order valence-corrected chi connectivity index (χ1v) is 8.58. The van der Waals surface area contributed by atoms with Crippen molar-refractivity contribution in [2.24, 2.45) is 0 Å². The zero-order chi connectivity index (χ0) is 15.2. The van der Waals surface area contributed by atoms with Gasteiger partial charge in [0.2, 0.25) is 10.0 Å². The molecule has 0 aromatic carbocycles. The van der Waals surface area contributed by atoms with E-state index in [1.807, 2.05) is 0 Å². The van der Waals surface area contributed by atoms with E-state index < -0.39 is 10.0 Å². The van der Waals surface area contributed by atoms with Gasteiger partial charge in [-0.1, -0.05) is 6.08 Å². The number of allylic oxidation sites excluding steroid dienone is 1. The fourth-order valence-electron chi connectivity index (χ4n) is 1.41. The molecule has 0 amide bonds. The van der Waals surface area contributed by atoms with Crippen molar-refractivity contribution in [1.82, 2.24) is 14.5 Å². The molecule has 0 aliphatic heterocycles. The Morgan fingerprint density at radius 3 is 2.80 bits per heavy atom. The van der Waals surface area contributed by atoms with E-state index in [4.69, 9.17) is 0 Å². The SMILES string of the molecule is C=CCn1ncc(NCCCNS(C)(=O)=O)c(Br)c1=O. The van der Waals surface area contributed by atoms with E-state index in [1.165, 1.54) is 4.68 Å². The summed E-state index contributed by atoms with van der Waals surface area (Å²) in [6.07, 6.45) is 4.83. The van der Waals surface area contributed by atoms with E-state index in [0.29, 0.717) is 36.2 Å². The van der Waals surface area contributed by atoms with Crippen molar-refractivity contribution in [3.05, 3.63) is 33.7 Å². The van der Waals surface area contributed by atoms with Crippen molar-refractivity contribution in [3.8, 4) is 0 Å². The average Bonchev–Trinajstić information content (AvgIpc) is 2.36. The molecule has 0 bridgehead atoms. The number of hydrogen-bond acceptors (Lipinski definition) is 5. The van der Waals surface area contributed by atoms with Crippen LogP contribution >= 0.6 is 15.9 Å². The third-order valence-electron chi connectivity index (χ3n) is 2.32. The van der Waals surface area contributed by atoms with Gasteiger partial charge in [0.15, 0.2) is 0 Å². The van der Waals surface area contributed by atoms with Crippen molar-refractivity contribution in [2.45, 2.75) is 13.0 Å². The Bertz CT molecular complexity index is 627. The van der Waals surface area contributed by atoms with Gasteiger partial charge in [0.05, 0.1) is 24.7 Å². The summed E-state index contributed by atoms with van der Waals surface area (Å²) in [6.45, 7) is 4.75. The molecule has 0 radical (unpaired) electrons. The average molecular weight is 365 g/mol. The molecule has 20 heavy (non-hydrogen) atoms. The van der Waals surface area contributed by atoms with Gasteiger partial charge in [-0.2, -0.15) is 5.10 Å². The Hall–Kier alpha value is -1.19. The Morgan fingerprint density at radius 2 is 2.20 bits per heavy atom. The van der Waals surface area contributed by atoms with Gasteiger partial charge in [0, 0.05) is 13.1 Å². The molecule has 0 atom stereocenters. The lowest BCUT2D eigenvalue weighted by Gasteiger charge is -2.09. The molecule has 0 spiro atoms. The summed E-state index contributed by atoms with van der Waals surface area (Å²) in [5.41, 5.74) is 0.332. The zero-order valence-electron chi connectivity index (χ0n) is 11.1. The highest BCUT2D eigenvalue weighted by Crippen LogP contribution is 2.15. The van der Waals surface area contributed by atoms with Crippen LogP contribution in [0.1, 0.15) is 6.42 Å². The van der Waals surface area contributed by atoms with Crippen LogP contribution in [0.15, 0.2) is 28.1 Å². The summed E-state index contributed by atoms with van der Waals surface area (Å²) in [7, 11) is -3.16. The highest BCUT2D eigenvalue weighted by molar-refractivity contribution is 9.10. The van der Waals surface area contributed by atoms with Crippen molar-refractivity contribution in [2.75, 3.05) is 24.7 Å². The summed E-state index contributed by atoms with van der Waals surface area (Å²) < 4.78 is 25.8. The molecule has 7 nitrogen and oxygen atoms in total. The molecule has 0 unspecified atom stereocenters. The second kappa shape index (κ2) is 7.55. The maximum atomic E-state index is 11.9. The Kier molecular flexibility index (Phi) is 6.37. The number of rotatable bonds is 8. The second-order valence-corrected chi connectivity index (χ2v) is 6.72. The van der Waals surface area contributed by atoms with E-state index in [9.17, 15) is 13.2 Å². The third kappa shape index (κ3) is 5.43. The molecular formula is C11H17BrN4O3S. The number of sulfonamides is 1. The molecule has 0 saturated heterocycles. The predicted molar refractivity (Wildman–Crippen MR) is 82.3 cm³/mol. The molecule has 0 aliphatic carbocycles. The van der Waals surface area contributed by atoms with E-state index in [-0.39, 0.29) is 5.56 Å². The summed E-state index contributed by atoms with van der Waals surface area (Å²) in [6, 6.07) is 0. The first-order chi connectivity index (χ1) is 9.35. The molecule has 1 heterocycles. The minimum atomic E-state index is -3.16. The van der Waals surface area contributed by atoms with Gasteiger partial charge in [0.25, 0.3) is 5.56 Å². The monoisotopic (exact) mass is 364 g/mol. The van der Waals surface area contributed by atoms with Crippen molar-refractivity contribution in [3.63, 3.8) is 0 Å². The molecule has 1 aromatic rings. The summed E-state index contributed by atoms with van der Waals surface area (Å²) >= 11 is 3.22. The van der Waals surface area contributed by atoms with E-state index >= 15 is 0 Å². The fourth-order valence-corrected chi connectivity index (χ4v) is 2.37. The van der Waals surface area contributed by atoms with Gasteiger partial charge in [-0.15, -0.1) is 6.58 Å². The lowest BCUT2D eigenvalue weighted by atomic mass is 10.4. The molecule has 112 valence electrons. The van der Waals surface area contributed by atoms with E-state index in [2.05, 4.69) is 37.6 Å². The minimum Gasteiger partial charge on any atom is -0.383 e. The van der Waals surface area contributed by atoms with Crippen LogP contribution in [0, 0.1) is 0 Å². The van der Waals surface area contributed by atoms with Crippen LogP contribution in [0.3, 0.4) is 0 Å². The predicted octanol–water partition coefficient (Wildman–Crippen LogP) is 0.543.